The van der Waals surface area contributed by atoms with Gasteiger partial charge in [0.25, 0.3) is 0 Å². The number of rotatable bonds is 6. The molecule has 1 heterocycles. The minimum Gasteiger partial charge on any atom is -0.480 e. The van der Waals surface area contributed by atoms with E-state index in [0.29, 0.717) is 26.0 Å². The largest absolute Gasteiger partial charge is 0.480 e. The third kappa shape index (κ3) is 3.58. The molecule has 1 aliphatic rings. The van der Waals surface area contributed by atoms with Crippen LogP contribution in [0.1, 0.15) is 38.2 Å². The quantitative estimate of drug-likeness (QED) is 0.839. The SMILES string of the molecule is CCCC1CC(NCc2ccccc2)(C(=O)O)CCO1. The maximum Gasteiger partial charge on any atom is 0.324 e. The normalized spacial score (nSPS) is 26.4. The van der Waals surface area contributed by atoms with Gasteiger partial charge in [-0.15, -0.1) is 0 Å². The Bertz CT molecular complexity index is 433. The second kappa shape index (κ2) is 6.86. The molecule has 2 atom stereocenters. The molecule has 110 valence electrons. The lowest BCUT2D eigenvalue weighted by molar-refractivity contribution is -0.152. The molecule has 0 aliphatic carbocycles. The van der Waals surface area contributed by atoms with Gasteiger partial charge in [-0.3, -0.25) is 10.1 Å². The van der Waals surface area contributed by atoms with Crippen LogP contribution in [0.15, 0.2) is 30.3 Å². The van der Waals surface area contributed by atoms with Crippen LogP contribution >= 0.6 is 0 Å². The van der Waals surface area contributed by atoms with Crippen LogP contribution in [-0.4, -0.2) is 29.3 Å². The first kappa shape index (κ1) is 15.0. The molecule has 4 heteroatoms. The maximum atomic E-state index is 11.7. The van der Waals surface area contributed by atoms with Gasteiger partial charge < -0.3 is 9.84 Å². The highest BCUT2D eigenvalue weighted by atomic mass is 16.5. The number of benzene rings is 1. The highest BCUT2D eigenvalue weighted by Crippen LogP contribution is 2.28. The molecule has 0 amide bonds. The average molecular weight is 277 g/mol. The number of carboxylic acids is 1. The topological polar surface area (TPSA) is 58.6 Å². The van der Waals surface area contributed by atoms with Crippen LogP contribution in [0.4, 0.5) is 0 Å². The Morgan fingerprint density at radius 2 is 2.20 bits per heavy atom. The fourth-order valence-electron chi connectivity index (χ4n) is 2.75. The van der Waals surface area contributed by atoms with Gasteiger partial charge in [0.1, 0.15) is 5.54 Å². The summed E-state index contributed by atoms with van der Waals surface area (Å²) in [5, 5.41) is 12.9. The molecule has 20 heavy (non-hydrogen) atoms. The smallest absolute Gasteiger partial charge is 0.324 e. The zero-order chi connectivity index (χ0) is 14.4. The summed E-state index contributed by atoms with van der Waals surface area (Å²) in [7, 11) is 0. The van der Waals surface area contributed by atoms with Gasteiger partial charge in [0.15, 0.2) is 0 Å². The van der Waals surface area contributed by atoms with Crippen LogP contribution in [0.5, 0.6) is 0 Å². The van der Waals surface area contributed by atoms with Crippen molar-refractivity contribution < 1.29 is 14.6 Å². The standard InChI is InChI=1S/C16H23NO3/c1-2-6-14-11-16(15(18)19,9-10-20-14)17-12-13-7-4-3-5-8-13/h3-5,7-8,14,17H,2,6,9-12H2,1H3,(H,18,19). The Morgan fingerprint density at radius 1 is 1.45 bits per heavy atom. The van der Waals surface area contributed by atoms with Crippen LogP contribution in [0.2, 0.25) is 0 Å². The molecule has 1 aromatic rings. The van der Waals surface area contributed by atoms with Crippen molar-refractivity contribution >= 4 is 5.97 Å². The van der Waals surface area contributed by atoms with Crippen molar-refractivity contribution in [2.24, 2.45) is 0 Å². The fourth-order valence-corrected chi connectivity index (χ4v) is 2.75. The molecule has 0 bridgehead atoms. The number of hydrogen-bond donors (Lipinski definition) is 2. The molecule has 2 unspecified atom stereocenters. The van der Waals surface area contributed by atoms with E-state index in [0.717, 1.165) is 18.4 Å². The molecule has 0 spiro atoms. The molecule has 2 rings (SSSR count). The lowest BCUT2D eigenvalue weighted by Gasteiger charge is -2.38. The van der Waals surface area contributed by atoms with Crippen molar-refractivity contribution in [3.8, 4) is 0 Å². The lowest BCUT2D eigenvalue weighted by atomic mass is 9.85. The zero-order valence-corrected chi connectivity index (χ0v) is 12.0. The molecule has 1 saturated heterocycles. The van der Waals surface area contributed by atoms with Crippen LogP contribution in [0, 0.1) is 0 Å². The van der Waals surface area contributed by atoms with Crippen LogP contribution in [-0.2, 0) is 16.1 Å². The lowest BCUT2D eigenvalue weighted by Crippen LogP contribution is -2.57. The number of hydrogen-bond acceptors (Lipinski definition) is 3. The number of aliphatic carboxylic acids is 1. The maximum absolute atomic E-state index is 11.7. The molecule has 0 radical (unpaired) electrons. The van der Waals surface area contributed by atoms with E-state index in [1.807, 2.05) is 30.3 Å². The van der Waals surface area contributed by atoms with Crippen molar-refractivity contribution in [1.29, 1.82) is 0 Å². The second-order valence-electron chi connectivity index (χ2n) is 5.46. The predicted octanol–water partition coefficient (Wildman–Crippen LogP) is 2.58. The number of carbonyl (C=O) groups is 1. The van der Waals surface area contributed by atoms with Gasteiger partial charge in [-0.25, -0.2) is 0 Å². The Hall–Kier alpha value is -1.39. The Kier molecular flexibility index (Phi) is 5.15. The van der Waals surface area contributed by atoms with E-state index in [2.05, 4.69) is 12.2 Å². The van der Waals surface area contributed by atoms with Crippen molar-refractivity contribution in [2.75, 3.05) is 6.61 Å². The van der Waals surface area contributed by atoms with E-state index in [1.165, 1.54) is 0 Å². The zero-order valence-electron chi connectivity index (χ0n) is 12.0. The van der Waals surface area contributed by atoms with Crippen molar-refractivity contribution in [1.82, 2.24) is 5.32 Å². The van der Waals surface area contributed by atoms with E-state index in [9.17, 15) is 9.90 Å². The molecular formula is C16H23NO3. The summed E-state index contributed by atoms with van der Waals surface area (Å²) in [6.45, 7) is 3.18. The summed E-state index contributed by atoms with van der Waals surface area (Å²) in [5.74, 6) is -0.766. The van der Waals surface area contributed by atoms with E-state index < -0.39 is 11.5 Å². The number of ether oxygens (including phenoxy) is 1. The number of nitrogens with one attached hydrogen (secondary N) is 1. The Labute approximate surface area is 120 Å². The first-order valence-corrected chi connectivity index (χ1v) is 7.30. The van der Waals surface area contributed by atoms with Gasteiger partial charge >= 0.3 is 5.97 Å². The molecule has 0 saturated carbocycles. The van der Waals surface area contributed by atoms with Crippen molar-refractivity contribution in [2.45, 2.75) is 50.8 Å². The molecular weight excluding hydrogens is 254 g/mol. The van der Waals surface area contributed by atoms with Crippen LogP contribution in [0.25, 0.3) is 0 Å². The molecule has 1 fully saturated rings. The van der Waals surface area contributed by atoms with Gasteiger partial charge in [-0.1, -0.05) is 43.7 Å². The molecule has 2 N–H and O–H groups in total. The fraction of sp³-hybridized carbons (Fsp3) is 0.562. The summed E-state index contributed by atoms with van der Waals surface area (Å²) in [4.78, 5) is 11.7. The van der Waals surface area contributed by atoms with Crippen molar-refractivity contribution in [3.63, 3.8) is 0 Å². The van der Waals surface area contributed by atoms with Crippen molar-refractivity contribution in [3.05, 3.63) is 35.9 Å². The van der Waals surface area contributed by atoms with Crippen LogP contribution < -0.4 is 5.32 Å². The third-order valence-electron chi connectivity index (χ3n) is 3.95. The monoisotopic (exact) mass is 277 g/mol. The minimum atomic E-state index is -0.853. The van der Waals surface area contributed by atoms with Gasteiger partial charge in [0, 0.05) is 19.6 Å². The van der Waals surface area contributed by atoms with Gasteiger partial charge in [-0.05, 0) is 18.4 Å². The second-order valence-corrected chi connectivity index (χ2v) is 5.46. The van der Waals surface area contributed by atoms with E-state index in [4.69, 9.17) is 4.74 Å². The summed E-state index contributed by atoms with van der Waals surface area (Å²) in [6.07, 6.45) is 3.05. The average Bonchev–Trinajstić information content (AvgIpc) is 2.47. The highest BCUT2D eigenvalue weighted by Gasteiger charge is 2.42. The van der Waals surface area contributed by atoms with Gasteiger partial charge in [0.05, 0.1) is 6.10 Å². The van der Waals surface area contributed by atoms with E-state index in [-0.39, 0.29) is 6.10 Å². The first-order valence-electron chi connectivity index (χ1n) is 7.30. The van der Waals surface area contributed by atoms with E-state index >= 15 is 0 Å². The van der Waals surface area contributed by atoms with Gasteiger partial charge in [0.2, 0.25) is 0 Å². The molecule has 1 aliphatic heterocycles. The molecule has 1 aromatic carbocycles. The third-order valence-corrected chi connectivity index (χ3v) is 3.95. The van der Waals surface area contributed by atoms with E-state index in [1.54, 1.807) is 0 Å². The molecule has 4 nitrogen and oxygen atoms in total. The summed E-state index contributed by atoms with van der Waals surface area (Å²) < 4.78 is 5.67. The van der Waals surface area contributed by atoms with Crippen LogP contribution in [0.3, 0.4) is 0 Å². The highest BCUT2D eigenvalue weighted by molar-refractivity contribution is 5.79. The summed E-state index contributed by atoms with van der Waals surface area (Å²) >= 11 is 0. The number of carboxylic acid groups (broad SMARTS) is 1. The Balaban J connectivity index is 2.03. The van der Waals surface area contributed by atoms with Gasteiger partial charge in [-0.2, -0.15) is 0 Å². The summed E-state index contributed by atoms with van der Waals surface area (Å²) in [6, 6.07) is 9.90. The summed E-state index contributed by atoms with van der Waals surface area (Å²) in [5.41, 5.74) is 0.250. The predicted molar refractivity (Wildman–Crippen MR) is 77.5 cm³/mol. The molecule has 0 aromatic heterocycles. The Morgan fingerprint density at radius 3 is 2.85 bits per heavy atom. The minimum absolute atomic E-state index is 0.0492. The first-order chi connectivity index (χ1) is 9.66.